The number of hydrogen-bond donors (Lipinski definition) is 0. The van der Waals surface area contributed by atoms with Gasteiger partial charge in [-0.1, -0.05) is 30.3 Å². The lowest BCUT2D eigenvalue weighted by Gasteiger charge is -2.32. The van der Waals surface area contributed by atoms with Gasteiger partial charge in [-0.15, -0.1) is 0 Å². The highest BCUT2D eigenvalue weighted by atomic mass is 32.2. The van der Waals surface area contributed by atoms with Gasteiger partial charge in [0.25, 0.3) is 0 Å². The van der Waals surface area contributed by atoms with Crippen LogP contribution in [0.5, 0.6) is 0 Å². The Morgan fingerprint density at radius 3 is 2.83 bits per heavy atom. The van der Waals surface area contributed by atoms with Crippen molar-refractivity contribution in [2.24, 2.45) is 0 Å². The molecule has 0 amide bonds. The van der Waals surface area contributed by atoms with Crippen molar-refractivity contribution in [1.29, 1.82) is 0 Å². The van der Waals surface area contributed by atoms with E-state index in [1.54, 1.807) is 25.2 Å². The zero-order valence-electron chi connectivity index (χ0n) is 13.2. The molecule has 124 valence electrons. The Bertz CT molecular complexity index is 998. The minimum absolute atomic E-state index is 0.137. The fraction of sp³-hybridized carbons (Fsp3) is 0.294. The predicted molar refractivity (Wildman–Crippen MR) is 94.5 cm³/mol. The first-order valence-corrected chi connectivity index (χ1v) is 10.0. The molecule has 1 heterocycles. The van der Waals surface area contributed by atoms with E-state index >= 15 is 0 Å². The minimum atomic E-state index is -3.64. The molecule has 0 spiro atoms. The van der Waals surface area contributed by atoms with Crippen LogP contribution in [0.1, 0.15) is 30.0 Å². The van der Waals surface area contributed by atoms with Crippen molar-refractivity contribution in [3.63, 3.8) is 0 Å². The van der Waals surface area contributed by atoms with Gasteiger partial charge >= 0.3 is 0 Å². The normalized spacial score (nSPS) is 18.0. The molecule has 2 aromatic carbocycles. The molecule has 0 N–H and O–H groups in total. The first-order valence-electron chi connectivity index (χ1n) is 7.86. The first-order chi connectivity index (χ1) is 11.6. The summed E-state index contributed by atoms with van der Waals surface area (Å²) in [6.07, 6.45) is 2.83. The number of benzene rings is 2. The van der Waals surface area contributed by atoms with E-state index in [2.05, 4.69) is 14.8 Å². The summed E-state index contributed by atoms with van der Waals surface area (Å²) in [4.78, 5) is 0.235. The molecular weight excluding hydrogens is 342 g/mol. The number of fused-ring (bicyclic) bond motifs is 2. The van der Waals surface area contributed by atoms with Gasteiger partial charge in [-0.05, 0) is 42.5 Å². The summed E-state index contributed by atoms with van der Waals surface area (Å²) in [6.45, 7) is 0. The summed E-state index contributed by atoms with van der Waals surface area (Å²) in [5.74, 6) is 0. The maximum absolute atomic E-state index is 13.2. The van der Waals surface area contributed by atoms with Crippen LogP contribution in [-0.4, -0.2) is 28.5 Å². The van der Waals surface area contributed by atoms with Gasteiger partial charge in [-0.25, -0.2) is 8.42 Å². The quantitative estimate of drug-likeness (QED) is 0.719. The molecule has 3 aromatic rings. The van der Waals surface area contributed by atoms with Gasteiger partial charge in [-0.2, -0.15) is 13.1 Å². The molecule has 1 aromatic heterocycles. The summed E-state index contributed by atoms with van der Waals surface area (Å²) in [7, 11) is -1.97. The highest BCUT2D eigenvalue weighted by Crippen LogP contribution is 2.37. The number of aryl methyl sites for hydroxylation is 1. The van der Waals surface area contributed by atoms with Gasteiger partial charge in [0.05, 0.1) is 11.7 Å². The van der Waals surface area contributed by atoms with Crippen molar-refractivity contribution in [3.8, 4) is 0 Å². The van der Waals surface area contributed by atoms with Crippen LogP contribution in [0.15, 0.2) is 47.4 Å². The molecule has 0 bridgehead atoms. The van der Waals surface area contributed by atoms with Crippen LogP contribution in [0.2, 0.25) is 0 Å². The van der Waals surface area contributed by atoms with Gasteiger partial charge in [0.1, 0.15) is 15.9 Å². The van der Waals surface area contributed by atoms with Crippen LogP contribution in [-0.2, 0) is 16.4 Å². The average Bonchev–Trinajstić information content (AvgIpc) is 3.09. The van der Waals surface area contributed by atoms with Gasteiger partial charge in [-0.3, -0.25) is 0 Å². The van der Waals surface area contributed by atoms with Gasteiger partial charge in [0, 0.05) is 13.1 Å². The van der Waals surface area contributed by atoms with Crippen LogP contribution in [0.3, 0.4) is 0 Å². The van der Waals surface area contributed by atoms with E-state index in [0.29, 0.717) is 11.0 Å². The summed E-state index contributed by atoms with van der Waals surface area (Å²) in [5, 5.41) is 0. The topological polar surface area (TPSA) is 63.2 Å². The number of aromatic nitrogens is 2. The zero-order valence-corrected chi connectivity index (χ0v) is 14.8. The molecular formula is C17H17N3O2S2. The zero-order chi connectivity index (χ0) is 16.7. The van der Waals surface area contributed by atoms with Crippen LogP contribution in [0, 0.1) is 0 Å². The monoisotopic (exact) mass is 359 g/mol. The van der Waals surface area contributed by atoms with Crippen molar-refractivity contribution < 1.29 is 8.42 Å². The molecule has 1 atom stereocenters. The Labute approximate surface area is 145 Å². The summed E-state index contributed by atoms with van der Waals surface area (Å²) >= 11 is 1.04. The number of rotatable bonds is 3. The lowest BCUT2D eigenvalue weighted by molar-refractivity contribution is 0.337. The van der Waals surface area contributed by atoms with Crippen LogP contribution < -0.4 is 0 Å². The first kappa shape index (κ1) is 15.7. The highest BCUT2D eigenvalue weighted by Gasteiger charge is 2.33. The SMILES string of the molecule is CN([C@H]1CCCc2ccccc21)S(=O)(=O)c1cccc2nsnc12. The predicted octanol–water partition coefficient (Wildman–Crippen LogP) is 3.39. The third-order valence-corrected chi connectivity index (χ3v) is 7.12. The van der Waals surface area contributed by atoms with E-state index in [1.807, 2.05) is 18.2 Å². The van der Waals surface area contributed by atoms with E-state index < -0.39 is 10.0 Å². The fourth-order valence-electron chi connectivity index (χ4n) is 3.42. The van der Waals surface area contributed by atoms with Gasteiger partial charge in [0.15, 0.2) is 0 Å². The Hall–Kier alpha value is -1.83. The lowest BCUT2D eigenvalue weighted by atomic mass is 9.88. The van der Waals surface area contributed by atoms with Crippen molar-refractivity contribution in [3.05, 3.63) is 53.6 Å². The minimum Gasteiger partial charge on any atom is -0.207 e. The number of sulfonamides is 1. The van der Waals surface area contributed by atoms with Crippen molar-refractivity contribution in [2.75, 3.05) is 7.05 Å². The van der Waals surface area contributed by atoms with E-state index in [1.165, 1.54) is 9.87 Å². The van der Waals surface area contributed by atoms with Crippen LogP contribution >= 0.6 is 11.7 Å². The van der Waals surface area contributed by atoms with E-state index in [-0.39, 0.29) is 10.9 Å². The van der Waals surface area contributed by atoms with Crippen molar-refractivity contribution in [2.45, 2.75) is 30.2 Å². The van der Waals surface area contributed by atoms with E-state index in [0.717, 1.165) is 36.6 Å². The summed E-state index contributed by atoms with van der Waals surface area (Å²) in [6, 6.07) is 13.1. The van der Waals surface area contributed by atoms with Gasteiger partial charge < -0.3 is 0 Å². The van der Waals surface area contributed by atoms with E-state index in [4.69, 9.17) is 0 Å². The van der Waals surface area contributed by atoms with E-state index in [9.17, 15) is 8.42 Å². The second-order valence-corrected chi connectivity index (χ2v) is 8.51. The molecule has 24 heavy (non-hydrogen) atoms. The highest BCUT2D eigenvalue weighted by molar-refractivity contribution is 7.89. The van der Waals surface area contributed by atoms with Crippen LogP contribution in [0.4, 0.5) is 0 Å². The van der Waals surface area contributed by atoms with Crippen molar-refractivity contribution in [1.82, 2.24) is 13.1 Å². The third-order valence-electron chi connectivity index (χ3n) is 4.68. The Kier molecular flexibility index (Phi) is 3.86. The molecule has 0 saturated carbocycles. The number of hydrogen-bond acceptors (Lipinski definition) is 5. The summed E-state index contributed by atoms with van der Waals surface area (Å²) < 4.78 is 36.3. The second kappa shape index (κ2) is 5.91. The second-order valence-electron chi connectivity index (χ2n) is 6.02. The Balaban J connectivity index is 1.80. The summed E-state index contributed by atoms with van der Waals surface area (Å²) in [5.41, 5.74) is 3.43. The largest absolute Gasteiger partial charge is 0.245 e. The fourth-order valence-corrected chi connectivity index (χ4v) is 5.53. The molecule has 0 saturated heterocycles. The molecule has 0 aliphatic heterocycles. The van der Waals surface area contributed by atoms with Crippen LogP contribution in [0.25, 0.3) is 11.0 Å². The van der Waals surface area contributed by atoms with Crippen molar-refractivity contribution >= 4 is 32.8 Å². The van der Waals surface area contributed by atoms with Gasteiger partial charge in [0.2, 0.25) is 10.0 Å². The average molecular weight is 359 g/mol. The Morgan fingerprint density at radius 2 is 1.96 bits per heavy atom. The third kappa shape index (κ3) is 2.44. The molecule has 1 aliphatic rings. The lowest BCUT2D eigenvalue weighted by Crippen LogP contribution is -2.33. The molecule has 0 unspecified atom stereocenters. The maximum Gasteiger partial charge on any atom is 0.245 e. The Morgan fingerprint density at radius 1 is 1.12 bits per heavy atom. The molecule has 0 radical (unpaired) electrons. The molecule has 7 heteroatoms. The molecule has 4 rings (SSSR count). The number of nitrogens with zero attached hydrogens (tertiary/aromatic N) is 3. The molecule has 5 nitrogen and oxygen atoms in total. The maximum atomic E-state index is 13.2. The molecule has 0 fully saturated rings. The molecule has 1 aliphatic carbocycles. The standard InChI is InChI=1S/C17H17N3O2S2/c1-20(15-10-4-7-12-6-2-3-8-13(12)15)24(21,22)16-11-5-9-14-17(16)19-23-18-14/h2-3,5-6,8-9,11,15H,4,7,10H2,1H3/t15-/m0/s1. The smallest absolute Gasteiger partial charge is 0.207 e.